The largest absolute Gasteiger partial charge is 0.484 e. The number of nitrogens with one attached hydrogen (secondary N) is 2. The van der Waals surface area contributed by atoms with Gasteiger partial charge < -0.3 is 15.4 Å². The van der Waals surface area contributed by atoms with Crippen LogP contribution in [-0.2, 0) is 26.2 Å². The van der Waals surface area contributed by atoms with Gasteiger partial charge in [0, 0.05) is 31.9 Å². The number of sulfonamides is 1. The lowest BCUT2D eigenvalue weighted by molar-refractivity contribution is -0.118. The predicted octanol–water partition coefficient (Wildman–Crippen LogP) is 2.05. The van der Waals surface area contributed by atoms with Gasteiger partial charge in [-0.3, -0.25) is 9.59 Å². The molecule has 0 saturated carbocycles. The second-order valence-electron chi connectivity index (χ2n) is 6.26. The Morgan fingerprint density at radius 2 is 1.50 bits per heavy atom. The molecule has 2 aromatic rings. The molecule has 2 amide bonds. The average Bonchev–Trinajstić information content (AvgIpc) is 2.61. The van der Waals surface area contributed by atoms with Crippen LogP contribution < -0.4 is 15.4 Å². The first-order valence-electron chi connectivity index (χ1n) is 8.44. The smallest absolute Gasteiger partial charge is 0.262 e. The highest BCUT2D eigenvalue weighted by molar-refractivity contribution is 7.88. The molecule has 0 unspecified atom stereocenters. The van der Waals surface area contributed by atoms with E-state index in [4.69, 9.17) is 4.74 Å². The minimum absolute atomic E-state index is 0.167. The Morgan fingerprint density at radius 1 is 0.964 bits per heavy atom. The number of carbonyl (C=O) groups excluding carboxylic acids is 2. The first-order chi connectivity index (χ1) is 13.1. The van der Waals surface area contributed by atoms with E-state index in [-0.39, 0.29) is 25.0 Å². The molecule has 0 fully saturated rings. The van der Waals surface area contributed by atoms with Crippen molar-refractivity contribution in [3.63, 3.8) is 0 Å². The Labute approximate surface area is 164 Å². The summed E-state index contributed by atoms with van der Waals surface area (Å²) < 4.78 is 29.6. The molecule has 2 rings (SSSR count). The van der Waals surface area contributed by atoms with Crippen LogP contribution in [0.25, 0.3) is 0 Å². The molecule has 0 aliphatic carbocycles. The topological polar surface area (TPSA) is 105 Å². The van der Waals surface area contributed by atoms with E-state index in [1.807, 2.05) is 0 Å². The van der Waals surface area contributed by atoms with Crippen molar-refractivity contribution in [1.29, 1.82) is 0 Å². The zero-order valence-electron chi connectivity index (χ0n) is 15.9. The summed E-state index contributed by atoms with van der Waals surface area (Å²) in [6.45, 7) is 1.51. The number of benzene rings is 2. The Balaban J connectivity index is 1.83. The van der Waals surface area contributed by atoms with Crippen LogP contribution in [0.3, 0.4) is 0 Å². The summed E-state index contributed by atoms with van der Waals surface area (Å²) in [5.74, 6) is 0.00856. The molecule has 9 heteroatoms. The second-order valence-corrected chi connectivity index (χ2v) is 8.35. The Kier molecular flexibility index (Phi) is 7.13. The molecule has 0 atom stereocenters. The molecule has 0 spiro atoms. The molecular weight excluding hydrogens is 382 g/mol. The zero-order chi connectivity index (χ0) is 20.7. The molecule has 0 aromatic heterocycles. The molecule has 0 radical (unpaired) electrons. The summed E-state index contributed by atoms with van der Waals surface area (Å²) >= 11 is 0. The van der Waals surface area contributed by atoms with Gasteiger partial charge in [0.1, 0.15) is 5.75 Å². The monoisotopic (exact) mass is 405 g/mol. The van der Waals surface area contributed by atoms with Gasteiger partial charge >= 0.3 is 0 Å². The predicted molar refractivity (Wildman–Crippen MR) is 108 cm³/mol. The van der Waals surface area contributed by atoms with Crippen molar-refractivity contribution in [2.75, 3.05) is 30.5 Å². The van der Waals surface area contributed by atoms with Gasteiger partial charge in [-0.2, -0.15) is 0 Å². The zero-order valence-corrected chi connectivity index (χ0v) is 16.7. The van der Waals surface area contributed by atoms with Gasteiger partial charge in [-0.05, 0) is 42.0 Å². The minimum atomic E-state index is -3.24. The standard InChI is InChI=1S/C19H23N3O5S/c1-14(23)20-16-6-8-17(9-7-16)21-19(24)13-27-18-10-4-15(5-11-18)12-22(2)28(3,25)26/h4-11H,12-13H2,1-3H3,(H,20,23)(H,21,24). The normalized spacial score (nSPS) is 11.1. The maximum absolute atomic E-state index is 12.0. The van der Waals surface area contributed by atoms with Crippen LogP contribution in [0.5, 0.6) is 5.75 Å². The van der Waals surface area contributed by atoms with Gasteiger partial charge in [0.15, 0.2) is 6.61 Å². The molecule has 0 aliphatic rings. The summed E-state index contributed by atoms with van der Waals surface area (Å²) in [7, 11) is -1.74. The lowest BCUT2D eigenvalue weighted by atomic mass is 10.2. The number of carbonyl (C=O) groups is 2. The first-order valence-corrected chi connectivity index (χ1v) is 10.3. The van der Waals surface area contributed by atoms with Crippen molar-refractivity contribution < 1.29 is 22.7 Å². The van der Waals surface area contributed by atoms with Gasteiger partial charge in [0.2, 0.25) is 15.9 Å². The fourth-order valence-corrected chi connectivity index (χ4v) is 2.64. The molecule has 28 heavy (non-hydrogen) atoms. The van der Waals surface area contributed by atoms with Crippen LogP contribution in [0.15, 0.2) is 48.5 Å². The summed E-state index contributed by atoms with van der Waals surface area (Å²) in [6.07, 6.45) is 1.15. The molecule has 150 valence electrons. The summed E-state index contributed by atoms with van der Waals surface area (Å²) in [5, 5.41) is 5.34. The van der Waals surface area contributed by atoms with Gasteiger partial charge in [0.05, 0.1) is 6.26 Å². The van der Waals surface area contributed by atoms with Crippen LogP contribution in [0.1, 0.15) is 12.5 Å². The van der Waals surface area contributed by atoms with Crippen molar-refractivity contribution >= 4 is 33.2 Å². The van der Waals surface area contributed by atoms with E-state index < -0.39 is 10.0 Å². The van der Waals surface area contributed by atoms with Gasteiger partial charge in [-0.15, -0.1) is 0 Å². The third-order valence-electron chi connectivity index (χ3n) is 3.75. The summed E-state index contributed by atoms with van der Waals surface area (Å²) in [6, 6.07) is 13.6. The van der Waals surface area contributed by atoms with E-state index in [9.17, 15) is 18.0 Å². The third-order valence-corrected chi connectivity index (χ3v) is 5.02. The SMILES string of the molecule is CC(=O)Nc1ccc(NC(=O)COc2ccc(CN(C)S(C)(=O)=O)cc2)cc1. The molecular formula is C19H23N3O5S. The fourth-order valence-electron chi connectivity index (χ4n) is 2.25. The van der Waals surface area contributed by atoms with Gasteiger partial charge in [-0.25, -0.2) is 12.7 Å². The molecule has 2 N–H and O–H groups in total. The fraction of sp³-hybridized carbons (Fsp3) is 0.263. The van der Waals surface area contributed by atoms with Crippen molar-refractivity contribution in [3.8, 4) is 5.75 Å². The van der Waals surface area contributed by atoms with E-state index in [0.29, 0.717) is 17.1 Å². The van der Waals surface area contributed by atoms with Crippen LogP contribution >= 0.6 is 0 Å². The molecule has 2 aromatic carbocycles. The number of hydrogen-bond acceptors (Lipinski definition) is 5. The van der Waals surface area contributed by atoms with E-state index in [0.717, 1.165) is 11.8 Å². The van der Waals surface area contributed by atoms with Crippen LogP contribution in [0.2, 0.25) is 0 Å². The number of anilines is 2. The first kappa shape index (κ1) is 21.4. The highest BCUT2D eigenvalue weighted by Crippen LogP contribution is 2.15. The van der Waals surface area contributed by atoms with Crippen LogP contribution in [0, 0.1) is 0 Å². The average molecular weight is 405 g/mol. The highest BCUT2D eigenvalue weighted by Gasteiger charge is 2.11. The molecule has 0 bridgehead atoms. The molecule has 0 saturated heterocycles. The van der Waals surface area contributed by atoms with Gasteiger partial charge in [-0.1, -0.05) is 12.1 Å². The third kappa shape index (κ3) is 7.01. The second kappa shape index (κ2) is 9.34. The lowest BCUT2D eigenvalue weighted by Gasteiger charge is -2.14. The number of rotatable bonds is 8. The van der Waals surface area contributed by atoms with Crippen molar-refractivity contribution in [1.82, 2.24) is 4.31 Å². The molecule has 0 aliphatic heterocycles. The Hall–Kier alpha value is -2.91. The number of ether oxygens (including phenoxy) is 1. The minimum Gasteiger partial charge on any atom is -0.484 e. The quantitative estimate of drug-likeness (QED) is 0.699. The van der Waals surface area contributed by atoms with E-state index in [2.05, 4.69) is 10.6 Å². The lowest BCUT2D eigenvalue weighted by Crippen LogP contribution is -2.24. The Morgan fingerprint density at radius 3 is 2.00 bits per heavy atom. The summed E-state index contributed by atoms with van der Waals surface area (Å²) in [5.41, 5.74) is 2.04. The van der Waals surface area contributed by atoms with E-state index >= 15 is 0 Å². The highest BCUT2D eigenvalue weighted by atomic mass is 32.2. The van der Waals surface area contributed by atoms with Crippen molar-refractivity contribution in [2.24, 2.45) is 0 Å². The van der Waals surface area contributed by atoms with Crippen LogP contribution in [-0.4, -0.2) is 44.4 Å². The van der Waals surface area contributed by atoms with E-state index in [1.165, 1.54) is 18.3 Å². The maximum Gasteiger partial charge on any atom is 0.262 e. The molecule has 8 nitrogen and oxygen atoms in total. The van der Waals surface area contributed by atoms with Crippen LogP contribution in [0.4, 0.5) is 11.4 Å². The van der Waals surface area contributed by atoms with E-state index in [1.54, 1.807) is 48.5 Å². The Bertz CT molecular complexity index is 925. The number of nitrogens with zero attached hydrogens (tertiary/aromatic N) is 1. The summed E-state index contributed by atoms with van der Waals surface area (Å²) in [4.78, 5) is 23.0. The van der Waals surface area contributed by atoms with Gasteiger partial charge in [0.25, 0.3) is 5.91 Å². The number of amides is 2. The van der Waals surface area contributed by atoms with Crippen molar-refractivity contribution in [3.05, 3.63) is 54.1 Å². The van der Waals surface area contributed by atoms with Crippen molar-refractivity contribution in [2.45, 2.75) is 13.5 Å². The number of hydrogen-bond donors (Lipinski definition) is 2. The molecule has 0 heterocycles. The maximum atomic E-state index is 12.0.